The predicted molar refractivity (Wildman–Crippen MR) is 34.5 cm³/mol. The van der Waals surface area contributed by atoms with E-state index in [1.165, 1.54) is 14.0 Å². The summed E-state index contributed by atoms with van der Waals surface area (Å²) >= 11 is 0. The van der Waals surface area contributed by atoms with Crippen molar-refractivity contribution in [3.05, 3.63) is 11.3 Å². The number of allylic oxidation sites excluding steroid dienone is 1. The van der Waals surface area contributed by atoms with Crippen LogP contribution in [0.2, 0.25) is 0 Å². The standard InChI is InChI=1S/C6H8N2O2/c1-4(10-2)5(3-7)6(8)9/h1-2H3,(H2,8,9). The average molecular weight is 140 g/mol. The number of methoxy groups -OCH3 is 1. The SMILES string of the molecule is COC(C)=C(C#N)C(N)=O. The third-order valence-corrected chi connectivity index (χ3v) is 1.02. The number of amides is 1. The first-order valence-corrected chi connectivity index (χ1v) is 2.58. The van der Waals surface area contributed by atoms with Crippen molar-refractivity contribution in [3.63, 3.8) is 0 Å². The molecule has 0 spiro atoms. The lowest BCUT2D eigenvalue weighted by atomic mass is 10.2. The minimum absolute atomic E-state index is 0.137. The number of carbonyl (C=O) groups excluding carboxylic acids is 1. The van der Waals surface area contributed by atoms with E-state index in [1.807, 2.05) is 0 Å². The Balaban J connectivity index is 4.68. The largest absolute Gasteiger partial charge is 0.500 e. The van der Waals surface area contributed by atoms with Crippen LogP contribution in [-0.4, -0.2) is 13.0 Å². The molecule has 10 heavy (non-hydrogen) atoms. The van der Waals surface area contributed by atoms with Gasteiger partial charge >= 0.3 is 0 Å². The zero-order valence-corrected chi connectivity index (χ0v) is 5.84. The summed E-state index contributed by atoms with van der Waals surface area (Å²) < 4.78 is 4.62. The van der Waals surface area contributed by atoms with Crippen LogP contribution in [0.25, 0.3) is 0 Å². The van der Waals surface area contributed by atoms with Gasteiger partial charge in [-0.1, -0.05) is 0 Å². The van der Waals surface area contributed by atoms with Gasteiger partial charge in [-0.05, 0) is 6.92 Å². The lowest BCUT2D eigenvalue weighted by molar-refractivity contribution is -0.114. The maximum atomic E-state index is 10.4. The first-order chi connectivity index (χ1) is 4.63. The van der Waals surface area contributed by atoms with Crippen LogP contribution < -0.4 is 5.73 Å². The highest BCUT2D eigenvalue weighted by molar-refractivity contribution is 5.96. The molecule has 0 heterocycles. The van der Waals surface area contributed by atoms with Crippen molar-refractivity contribution in [2.75, 3.05) is 7.11 Å². The highest BCUT2D eigenvalue weighted by Crippen LogP contribution is 2.01. The molecule has 0 aromatic rings. The normalized spacial score (nSPS) is 11.3. The summed E-state index contributed by atoms with van der Waals surface area (Å²) in [4.78, 5) is 10.4. The van der Waals surface area contributed by atoms with Gasteiger partial charge in [0.1, 0.15) is 11.8 Å². The van der Waals surface area contributed by atoms with Gasteiger partial charge < -0.3 is 10.5 Å². The summed E-state index contributed by atoms with van der Waals surface area (Å²) in [5, 5.41) is 8.31. The molecule has 4 nitrogen and oxygen atoms in total. The monoisotopic (exact) mass is 140 g/mol. The molecule has 4 heteroatoms. The third-order valence-electron chi connectivity index (χ3n) is 1.02. The first-order valence-electron chi connectivity index (χ1n) is 2.58. The number of nitrogens with two attached hydrogens (primary N) is 1. The van der Waals surface area contributed by atoms with E-state index in [-0.39, 0.29) is 11.3 Å². The molecule has 0 saturated heterocycles. The topological polar surface area (TPSA) is 76.1 Å². The van der Waals surface area contributed by atoms with Crippen LogP contribution in [0.3, 0.4) is 0 Å². The van der Waals surface area contributed by atoms with Crippen LogP contribution in [-0.2, 0) is 9.53 Å². The molecule has 0 rings (SSSR count). The predicted octanol–water partition coefficient (Wildman–Crippen LogP) is -0.0843. The zero-order valence-electron chi connectivity index (χ0n) is 5.84. The number of ether oxygens (including phenoxy) is 1. The van der Waals surface area contributed by atoms with Gasteiger partial charge in [0.05, 0.1) is 7.11 Å². The fraction of sp³-hybridized carbons (Fsp3) is 0.333. The number of hydrogen-bond acceptors (Lipinski definition) is 3. The van der Waals surface area contributed by atoms with E-state index in [1.54, 1.807) is 6.07 Å². The summed E-state index contributed by atoms with van der Waals surface area (Å²) in [5.41, 5.74) is 4.69. The zero-order chi connectivity index (χ0) is 8.15. The Bertz CT molecular complexity index is 212. The first kappa shape index (κ1) is 8.50. The van der Waals surface area contributed by atoms with E-state index in [2.05, 4.69) is 4.74 Å². The average Bonchev–Trinajstić information content (AvgIpc) is 1.88. The Hall–Kier alpha value is -1.50. The van der Waals surface area contributed by atoms with E-state index >= 15 is 0 Å². The third kappa shape index (κ3) is 1.78. The molecule has 0 radical (unpaired) electrons. The molecule has 0 bridgehead atoms. The minimum atomic E-state index is -0.762. The lowest BCUT2D eigenvalue weighted by Gasteiger charge is -1.98. The van der Waals surface area contributed by atoms with E-state index in [0.717, 1.165) is 0 Å². The second-order valence-corrected chi connectivity index (χ2v) is 1.61. The Morgan fingerprint density at radius 1 is 1.70 bits per heavy atom. The van der Waals surface area contributed by atoms with Crippen molar-refractivity contribution in [1.82, 2.24) is 0 Å². The van der Waals surface area contributed by atoms with Gasteiger partial charge in [0.15, 0.2) is 5.57 Å². The van der Waals surface area contributed by atoms with Crippen LogP contribution in [0.1, 0.15) is 6.92 Å². The van der Waals surface area contributed by atoms with Crippen LogP contribution in [0.4, 0.5) is 0 Å². The summed E-state index contributed by atoms with van der Waals surface area (Å²) in [6.45, 7) is 1.50. The molecule has 0 saturated carbocycles. The highest BCUT2D eigenvalue weighted by Gasteiger charge is 2.07. The highest BCUT2D eigenvalue weighted by atomic mass is 16.5. The maximum Gasteiger partial charge on any atom is 0.262 e. The molecule has 0 aliphatic heterocycles. The van der Waals surface area contributed by atoms with Crippen molar-refractivity contribution in [3.8, 4) is 6.07 Å². The Labute approximate surface area is 58.9 Å². The lowest BCUT2D eigenvalue weighted by Crippen LogP contribution is -2.14. The summed E-state index contributed by atoms with van der Waals surface area (Å²) in [5.74, 6) is -0.517. The van der Waals surface area contributed by atoms with Gasteiger partial charge in [-0.2, -0.15) is 5.26 Å². The summed E-state index contributed by atoms with van der Waals surface area (Å²) in [7, 11) is 1.37. The smallest absolute Gasteiger partial charge is 0.262 e. The number of rotatable bonds is 2. The fourth-order valence-corrected chi connectivity index (χ4v) is 0.409. The van der Waals surface area contributed by atoms with Crippen molar-refractivity contribution >= 4 is 5.91 Å². The van der Waals surface area contributed by atoms with Crippen molar-refractivity contribution in [2.45, 2.75) is 6.92 Å². The molecule has 0 unspecified atom stereocenters. The Kier molecular flexibility index (Phi) is 2.98. The molecular weight excluding hydrogens is 132 g/mol. The number of nitrogens with zero attached hydrogens (tertiary/aromatic N) is 1. The Morgan fingerprint density at radius 3 is 2.30 bits per heavy atom. The van der Waals surface area contributed by atoms with Crippen LogP contribution in [0.15, 0.2) is 11.3 Å². The number of primary amides is 1. The van der Waals surface area contributed by atoms with E-state index < -0.39 is 5.91 Å². The molecule has 0 aromatic carbocycles. The number of nitriles is 1. The van der Waals surface area contributed by atoms with Crippen molar-refractivity contribution in [1.29, 1.82) is 5.26 Å². The fourth-order valence-electron chi connectivity index (χ4n) is 0.409. The number of hydrogen-bond donors (Lipinski definition) is 1. The van der Waals surface area contributed by atoms with Crippen molar-refractivity contribution < 1.29 is 9.53 Å². The minimum Gasteiger partial charge on any atom is -0.500 e. The molecule has 1 amide bonds. The van der Waals surface area contributed by atoms with Gasteiger partial charge in [-0.25, -0.2) is 0 Å². The maximum absolute atomic E-state index is 10.4. The van der Waals surface area contributed by atoms with Gasteiger partial charge in [0, 0.05) is 0 Å². The van der Waals surface area contributed by atoms with Crippen LogP contribution in [0, 0.1) is 11.3 Å². The van der Waals surface area contributed by atoms with E-state index in [9.17, 15) is 4.79 Å². The van der Waals surface area contributed by atoms with Crippen LogP contribution in [0.5, 0.6) is 0 Å². The molecule has 2 N–H and O–H groups in total. The van der Waals surface area contributed by atoms with Gasteiger partial charge in [-0.3, -0.25) is 4.79 Å². The quantitative estimate of drug-likeness (QED) is 0.331. The van der Waals surface area contributed by atoms with Gasteiger partial charge in [0.2, 0.25) is 0 Å². The second kappa shape index (κ2) is 3.51. The Morgan fingerprint density at radius 2 is 2.20 bits per heavy atom. The van der Waals surface area contributed by atoms with Gasteiger partial charge in [0.25, 0.3) is 5.91 Å². The molecule has 54 valence electrons. The van der Waals surface area contributed by atoms with Crippen LogP contribution >= 0.6 is 0 Å². The molecule has 0 aromatic heterocycles. The molecular formula is C6H8N2O2. The molecule has 0 fully saturated rings. The van der Waals surface area contributed by atoms with Crippen molar-refractivity contribution in [2.24, 2.45) is 5.73 Å². The summed E-state index contributed by atoms with van der Waals surface area (Å²) in [6, 6.07) is 1.63. The number of carbonyl (C=O) groups is 1. The van der Waals surface area contributed by atoms with Gasteiger partial charge in [-0.15, -0.1) is 0 Å². The van der Waals surface area contributed by atoms with E-state index in [4.69, 9.17) is 11.0 Å². The molecule has 0 aliphatic rings. The summed E-state index contributed by atoms with van der Waals surface area (Å²) in [6.07, 6.45) is 0. The second-order valence-electron chi connectivity index (χ2n) is 1.61. The van der Waals surface area contributed by atoms with E-state index in [0.29, 0.717) is 0 Å². The molecule has 0 aliphatic carbocycles. The molecule has 0 atom stereocenters.